The van der Waals surface area contributed by atoms with Crippen molar-refractivity contribution in [3.05, 3.63) is 29.7 Å². The molecule has 0 aliphatic heterocycles. The molecule has 0 aliphatic carbocycles. The fourth-order valence-corrected chi connectivity index (χ4v) is 2.71. The zero-order chi connectivity index (χ0) is 15.2. The molecule has 7 heteroatoms. The zero-order valence-electron chi connectivity index (χ0n) is 12.1. The molecule has 0 fully saturated rings. The largest absolute Gasteiger partial charge is 0.347 e. The van der Waals surface area contributed by atoms with E-state index in [1.54, 1.807) is 24.0 Å². The Kier molecular flexibility index (Phi) is 5.35. The van der Waals surface area contributed by atoms with Gasteiger partial charge in [0, 0.05) is 30.4 Å². The van der Waals surface area contributed by atoms with Crippen LogP contribution in [-0.2, 0) is 0 Å². The van der Waals surface area contributed by atoms with Crippen LogP contribution in [0.15, 0.2) is 24.0 Å². The number of amides is 1. The molecule has 6 nitrogen and oxygen atoms in total. The molecule has 2 rings (SSSR count). The highest BCUT2D eigenvalue weighted by atomic mass is 32.1. The third-order valence-corrected chi connectivity index (χ3v) is 3.76. The molecule has 0 bridgehead atoms. The molecule has 0 saturated carbocycles. The van der Waals surface area contributed by atoms with E-state index in [1.165, 1.54) is 11.3 Å². The minimum absolute atomic E-state index is 0.0285. The van der Waals surface area contributed by atoms with Crippen molar-refractivity contribution < 1.29 is 4.79 Å². The fourth-order valence-electron chi connectivity index (χ4n) is 1.95. The summed E-state index contributed by atoms with van der Waals surface area (Å²) in [6.07, 6.45) is 5.68. The Morgan fingerprint density at radius 3 is 2.86 bits per heavy atom. The lowest BCUT2D eigenvalue weighted by atomic mass is 10.0. The second-order valence-electron chi connectivity index (χ2n) is 5.16. The summed E-state index contributed by atoms with van der Waals surface area (Å²) in [6, 6.07) is -0.0285. The van der Waals surface area contributed by atoms with E-state index in [4.69, 9.17) is 5.73 Å². The quantitative estimate of drug-likeness (QED) is 0.847. The fraction of sp³-hybridized carbons (Fsp3) is 0.429. The highest BCUT2D eigenvalue weighted by molar-refractivity contribution is 7.13. The number of hydrogen-bond acceptors (Lipinski definition) is 6. The van der Waals surface area contributed by atoms with Gasteiger partial charge in [-0.1, -0.05) is 13.8 Å². The number of carbonyl (C=O) groups excluding carboxylic acids is 1. The van der Waals surface area contributed by atoms with Crippen LogP contribution in [0.4, 0.5) is 0 Å². The average Bonchev–Trinajstić information content (AvgIpc) is 2.97. The van der Waals surface area contributed by atoms with Crippen LogP contribution in [-0.4, -0.2) is 33.4 Å². The molecular formula is C14H19N5OS. The average molecular weight is 305 g/mol. The lowest BCUT2D eigenvalue weighted by Crippen LogP contribution is -2.41. The van der Waals surface area contributed by atoms with Gasteiger partial charge in [-0.2, -0.15) is 0 Å². The molecule has 2 heterocycles. The number of hydrogen-bond donors (Lipinski definition) is 2. The zero-order valence-corrected chi connectivity index (χ0v) is 12.9. The third-order valence-electron chi connectivity index (χ3n) is 2.89. The van der Waals surface area contributed by atoms with Crippen molar-refractivity contribution in [2.24, 2.45) is 11.7 Å². The number of nitrogens with two attached hydrogens (primary N) is 1. The van der Waals surface area contributed by atoms with Gasteiger partial charge in [-0.25, -0.2) is 4.98 Å². The maximum absolute atomic E-state index is 12.2. The van der Waals surface area contributed by atoms with Gasteiger partial charge in [-0.05, 0) is 12.3 Å². The maximum Gasteiger partial charge on any atom is 0.271 e. The van der Waals surface area contributed by atoms with Gasteiger partial charge in [0.25, 0.3) is 5.91 Å². The number of rotatable bonds is 6. The molecule has 3 N–H and O–H groups in total. The first kappa shape index (κ1) is 15.5. The van der Waals surface area contributed by atoms with E-state index >= 15 is 0 Å². The van der Waals surface area contributed by atoms with E-state index in [-0.39, 0.29) is 11.9 Å². The van der Waals surface area contributed by atoms with Crippen molar-refractivity contribution >= 4 is 17.2 Å². The molecule has 0 spiro atoms. The van der Waals surface area contributed by atoms with Gasteiger partial charge in [0.1, 0.15) is 16.4 Å². The summed E-state index contributed by atoms with van der Waals surface area (Å²) in [6.45, 7) is 4.62. The van der Waals surface area contributed by atoms with Crippen molar-refractivity contribution in [1.29, 1.82) is 0 Å². The first-order valence-corrected chi connectivity index (χ1v) is 7.71. The Morgan fingerprint density at radius 1 is 1.43 bits per heavy atom. The minimum Gasteiger partial charge on any atom is -0.347 e. The van der Waals surface area contributed by atoms with E-state index in [0.29, 0.717) is 28.9 Å². The van der Waals surface area contributed by atoms with Crippen LogP contribution in [0.25, 0.3) is 10.7 Å². The number of carbonyl (C=O) groups is 1. The number of nitrogens with one attached hydrogen (secondary N) is 1. The van der Waals surface area contributed by atoms with Crippen LogP contribution in [0.2, 0.25) is 0 Å². The highest BCUT2D eigenvalue weighted by Gasteiger charge is 2.17. The Bertz CT molecular complexity index is 584. The molecule has 21 heavy (non-hydrogen) atoms. The summed E-state index contributed by atoms with van der Waals surface area (Å²) >= 11 is 1.37. The molecule has 0 aliphatic rings. The first-order chi connectivity index (χ1) is 10.1. The van der Waals surface area contributed by atoms with Crippen LogP contribution < -0.4 is 11.1 Å². The maximum atomic E-state index is 12.2. The van der Waals surface area contributed by atoms with Gasteiger partial charge in [-0.15, -0.1) is 11.3 Å². The lowest BCUT2D eigenvalue weighted by Gasteiger charge is -2.18. The van der Waals surface area contributed by atoms with E-state index in [0.717, 1.165) is 6.42 Å². The van der Waals surface area contributed by atoms with Crippen LogP contribution >= 0.6 is 11.3 Å². The molecule has 1 unspecified atom stereocenters. The first-order valence-electron chi connectivity index (χ1n) is 6.83. The van der Waals surface area contributed by atoms with Crippen molar-refractivity contribution in [3.63, 3.8) is 0 Å². The highest BCUT2D eigenvalue weighted by Crippen LogP contribution is 2.20. The monoisotopic (exact) mass is 305 g/mol. The summed E-state index contributed by atoms with van der Waals surface area (Å²) in [4.78, 5) is 24.7. The van der Waals surface area contributed by atoms with Crippen LogP contribution in [0.3, 0.4) is 0 Å². The number of aromatic nitrogens is 3. The number of nitrogens with zero attached hydrogens (tertiary/aromatic N) is 3. The van der Waals surface area contributed by atoms with Crippen molar-refractivity contribution in [3.8, 4) is 10.7 Å². The molecule has 112 valence electrons. The SMILES string of the molecule is CC(C)CC(CN)NC(=O)c1csc(-c2cnccn2)n1. The third kappa shape index (κ3) is 4.30. The molecule has 0 radical (unpaired) electrons. The summed E-state index contributed by atoms with van der Waals surface area (Å²) < 4.78 is 0. The summed E-state index contributed by atoms with van der Waals surface area (Å²) in [5, 5.41) is 5.33. The van der Waals surface area contributed by atoms with Gasteiger partial charge >= 0.3 is 0 Å². The Morgan fingerprint density at radius 2 is 2.24 bits per heavy atom. The molecule has 0 aromatic carbocycles. The molecule has 1 amide bonds. The van der Waals surface area contributed by atoms with Crippen LogP contribution in [0, 0.1) is 5.92 Å². The van der Waals surface area contributed by atoms with Crippen molar-refractivity contribution in [2.45, 2.75) is 26.3 Å². The van der Waals surface area contributed by atoms with Crippen LogP contribution in [0.5, 0.6) is 0 Å². The normalized spacial score (nSPS) is 12.4. The van der Waals surface area contributed by atoms with Crippen molar-refractivity contribution in [1.82, 2.24) is 20.3 Å². The Balaban J connectivity index is 2.05. The van der Waals surface area contributed by atoms with Crippen LogP contribution in [0.1, 0.15) is 30.8 Å². The Hall–Kier alpha value is -1.86. The molecule has 0 saturated heterocycles. The second kappa shape index (κ2) is 7.24. The molecular weight excluding hydrogens is 286 g/mol. The van der Waals surface area contributed by atoms with Crippen molar-refractivity contribution in [2.75, 3.05) is 6.54 Å². The second-order valence-corrected chi connectivity index (χ2v) is 6.02. The summed E-state index contributed by atoms with van der Waals surface area (Å²) in [5.41, 5.74) is 6.75. The van der Waals surface area contributed by atoms with Gasteiger partial charge in [0.2, 0.25) is 0 Å². The van der Waals surface area contributed by atoms with E-state index in [1.807, 2.05) is 0 Å². The van der Waals surface area contributed by atoms with E-state index in [2.05, 4.69) is 34.1 Å². The molecule has 2 aromatic heterocycles. The van der Waals surface area contributed by atoms with Gasteiger partial charge in [0.15, 0.2) is 0 Å². The Labute approximate surface area is 127 Å². The van der Waals surface area contributed by atoms with Gasteiger partial charge < -0.3 is 11.1 Å². The standard InChI is InChI=1S/C14H19N5OS/c1-9(2)5-10(6-15)18-13(20)12-8-21-14(19-12)11-7-16-3-4-17-11/h3-4,7-10H,5-6,15H2,1-2H3,(H,18,20). The summed E-state index contributed by atoms with van der Waals surface area (Å²) in [5.74, 6) is 0.280. The molecule has 2 aromatic rings. The summed E-state index contributed by atoms with van der Waals surface area (Å²) in [7, 11) is 0. The van der Waals surface area contributed by atoms with Gasteiger partial charge in [-0.3, -0.25) is 14.8 Å². The number of thiazole rings is 1. The molecule has 1 atom stereocenters. The van der Waals surface area contributed by atoms with E-state index < -0.39 is 0 Å². The topological polar surface area (TPSA) is 93.8 Å². The van der Waals surface area contributed by atoms with E-state index in [9.17, 15) is 4.79 Å². The predicted molar refractivity (Wildman–Crippen MR) is 82.9 cm³/mol. The smallest absolute Gasteiger partial charge is 0.271 e. The van der Waals surface area contributed by atoms with Gasteiger partial charge in [0.05, 0.1) is 6.20 Å². The minimum atomic E-state index is -0.197. The lowest BCUT2D eigenvalue weighted by molar-refractivity contribution is 0.0929. The predicted octanol–water partition coefficient (Wildman–Crippen LogP) is 1.70.